The van der Waals surface area contributed by atoms with Crippen molar-refractivity contribution in [2.75, 3.05) is 47.3 Å². The van der Waals surface area contributed by atoms with E-state index in [-0.39, 0.29) is 53.4 Å². The number of sulfone groups is 1. The minimum absolute atomic E-state index is 0. The molecule has 1 N–H and O–H groups in total. The van der Waals surface area contributed by atoms with E-state index < -0.39 is 30.5 Å². The Kier molecular flexibility index (Phi) is 20.6. The predicted octanol–water partition coefficient (Wildman–Crippen LogP) is -0.714. The van der Waals surface area contributed by atoms with Gasteiger partial charge in [-0.3, -0.25) is 4.79 Å². The van der Waals surface area contributed by atoms with E-state index in [2.05, 4.69) is 5.32 Å². The van der Waals surface area contributed by atoms with Crippen molar-refractivity contribution in [1.29, 1.82) is 0 Å². The predicted molar refractivity (Wildman–Crippen MR) is 133 cm³/mol. The first-order valence-corrected chi connectivity index (χ1v) is 16.9. The second kappa shape index (κ2) is 18.2. The summed E-state index contributed by atoms with van der Waals surface area (Å²) in [5.41, 5.74) is 0. The van der Waals surface area contributed by atoms with Crippen LogP contribution in [-0.4, -0.2) is 82.7 Å². The molecule has 15 heteroatoms. The molecule has 30 heavy (non-hydrogen) atoms. The molecule has 2 atom stereocenters. The summed E-state index contributed by atoms with van der Waals surface area (Å²) in [6, 6.07) is 0. The molecule has 0 radical (unpaired) electrons. The van der Waals surface area contributed by atoms with Gasteiger partial charge in [-0.25, -0.2) is 16.8 Å². The topological polar surface area (TPSA) is 120 Å². The Morgan fingerprint density at radius 2 is 1.73 bits per heavy atom. The van der Waals surface area contributed by atoms with Crippen molar-refractivity contribution in [3.8, 4) is 0 Å². The molecule has 0 aliphatic carbocycles. The van der Waals surface area contributed by atoms with Gasteiger partial charge >= 0.3 is 29.6 Å². The molecule has 0 saturated carbocycles. The fraction of sp³-hybridized carbons (Fsp3) is 0.867. The van der Waals surface area contributed by atoms with Gasteiger partial charge in [0.25, 0.3) is 0 Å². The first-order valence-electron chi connectivity index (χ1n) is 8.75. The van der Waals surface area contributed by atoms with Crippen LogP contribution >= 0.6 is 59.3 Å². The Hall–Kier alpha value is 1.82. The van der Waals surface area contributed by atoms with Gasteiger partial charge in [0.1, 0.15) is 18.2 Å². The van der Waals surface area contributed by atoms with Crippen LogP contribution in [0.15, 0.2) is 0 Å². The zero-order chi connectivity index (χ0) is 22.5. The van der Waals surface area contributed by atoms with Gasteiger partial charge in [0.05, 0.1) is 11.5 Å². The van der Waals surface area contributed by atoms with Crippen LogP contribution in [0.5, 0.6) is 0 Å². The zero-order valence-electron chi connectivity index (χ0n) is 17.6. The van der Waals surface area contributed by atoms with E-state index in [9.17, 15) is 26.2 Å². The molecule has 0 aromatic carbocycles. The van der Waals surface area contributed by atoms with Gasteiger partial charge in [-0.1, -0.05) is 37.8 Å². The number of hydrogen-bond donors (Lipinski definition) is 1. The number of carbonyl (C=O) groups excluding carboxylic acids is 1. The van der Waals surface area contributed by atoms with Gasteiger partial charge in [-0.05, 0) is 18.4 Å². The summed E-state index contributed by atoms with van der Waals surface area (Å²) in [6.45, 7) is 3.77. The molecule has 0 saturated heterocycles. The number of amides is 1. The van der Waals surface area contributed by atoms with Crippen molar-refractivity contribution in [2.24, 2.45) is 5.92 Å². The Bertz CT molecular complexity index is 717. The third-order valence-electron chi connectivity index (χ3n) is 3.49. The van der Waals surface area contributed by atoms with E-state index in [1.165, 1.54) is 35.3 Å². The van der Waals surface area contributed by atoms with Gasteiger partial charge in [-0.15, -0.1) is 11.8 Å². The van der Waals surface area contributed by atoms with Gasteiger partial charge in [0.15, 0.2) is 9.84 Å². The summed E-state index contributed by atoms with van der Waals surface area (Å²) in [7, 11) is -7.62. The molecule has 0 aromatic rings. The summed E-state index contributed by atoms with van der Waals surface area (Å²) in [5.74, 6) is 1.53. The molecule has 172 valence electrons. The van der Waals surface area contributed by atoms with Crippen LogP contribution in [0.25, 0.3) is 0 Å². The monoisotopic (exact) mass is 565 g/mol. The van der Waals surface area contributed by atoms with Crippen LogP contribution in [0.3, 0.4) is 0 Å². The molecule has 0 rings (SSSR count). The first kappa shape index (κ1) is 34.0. The number of carbonyl (C=O) groups is 1. The maximum atomic E-state index is 12.2. The van der Waals surface area contributed by atoms with Crippen LogP contribution in [0.2, 0.25) is 0 Å². The van der Waals surface area contributed by atoms with Crippen molar-refractivity contribution in [2.45, 2.75) is 24.9 Å². The molecular formula is C15H28NNaO6S7. The minimum Gasteiger partial charge on any atom is -0.747 e. The molecule has 2 unspecified atom stereocenters. The Morgan fingerprint density at radius 3 is 2.27 bits per heavy atom. The summed E-state index contributed by atoms with van der Waals surface area (Å²) in [5, 5.41) is 2.69. The van der Waals surface area contributed by atoms with Crippen LogP contribution in [-0.2, 0) is 24.7 Å². The molecular weight excluding hydrogens is 538 g/mol. The van der Waals surface area contributed by atoms with E-state index in [0.29, 0.717) is 33.1 Å². The third-order valence-corrected chi connectivity index (χ3v) is 11.5. The molecule has 0 bridgehead atoms. The standard InChI is InChI=1S/C15H29NO6S7.Na/c1-4-26-15(23)27-13(29(20,21)22)11-12(2)14(17)16-5-6-25-8-10-28(18,19)9-7-24-3;/h12-13H,4-11H2,1-3H3,(H,16,17)(H,20,21,22);/q;+1/p-1. The normalized spacial score (nSPS) is 13.9. The number of hydrogen-bond acceptors (Lipinski definition) is 11. The second-order valence-corrected chi connectivity index (χ2v) is 15.9. The fourth-order valence-electron chi connectivity index (χ4n) is 1.90. The number of thiocarbonyl (C=S) groups is 1. The maximum Gasteiger partial charge on any atom is 1.00 e. The van der Waals surface area contributed by atoms with Gasteiger partial charge < -0.3 is 9.87 Å². The quantitative estimate of drug-likeness (QED) is 0.117. The largest absolute Gasteiger partial charge is 1.00 e. The van der Waals surface area contributed by atoms with Crippen LogP contribution in [0, 0.1) is 5.92 Å². The average Bonchev–Trinajstić information content (AvgIpc) is 2.61. The molecule has 0 fully saturated rings. The molecule has 1 amide bonds. The van der Waals surface area contributed by atoms with E-state index in [1.54, 1.807) is 6.92 Å². The first-order chi connectivity index (χ1) is 13.4. The molecule has 0 aliphatic rings. The molecule has 0 aromatic heterocycles. The van der Waals surface area contributed by atoms with Crippen molar-refractivity contribution in [3.05, 3.63) is 0 Å². The van der Waals surface area contributed by atoms with Crippen LogP contribution in [0.1, 0.15) is 20.3 Å². The minimum atomic E-state index is -4.59. The number of thioether (sulfide) groups is 4. The van der Waals surface area contributed by atoms with Crippen molar-refractivity contribution in [3.63, 3.8) is 0 Å². The van der Waals surface area contributed by atoms with E-state index in [0.717, 1.165) is 11.8 Å². The Balaban J connectivity index is 0. The van der Waals surface area contributed by atoms with E-state index in [4.69, 9.17) is 12.2 Å². The zero-order valence-corrected chi connectivity index (χ0v) is 25.3. The third kappa shape index (κ3) is 17.3. The number of rotatable bonds is 15. The maximum absolute atomic E-state index is 12.2. The summed E-state index contributed by atoms with van der Waals surface area (Å²) in [4.78, 5) is 12.2. The summed E-state index contributed by atoms with van der Waals surface area (Å²) < 4.78 is 57.0. The summed E-state index contributed by atoms with van der Waals surface area (Å²) in [6.07, 6.45) is 1.74. The number of nitrogens with one attached hydrogen (secondary N) is 1. The molecule has 7 nitrogen and oxygen atoms in total. The second-order valence-electron chi connectivity index (χ2n) is 5.91. The summed E-state index contributed by atoms with van der Waals surface area (Å²) >= 11 is 10.1. The Labute approximate surface area is 225 Å². The Morgan fingerprint density at radius 1 is 1.13 bits per heavy atom. The van der Waals surface area contributed by atoms with Crippen molar-refractivity contribution in [1.82, 2.24) is 5.32 Å². The van der Waals surface area contributed by atoms with E-state index >= 15 is 0 Å². The molecule has 0 spiro atoms. The van der Waals surface area contributed by atoms with Crippen LogP contribution in [0.4, 0.5) is 0 Å². The smallest absolute Gasteiger partial charge is 0.747 e. The fourth-order valence-corrected chi connectivity index (χ4v) is 9.89. The van der Waals surface area contributed by atoms with Crippen molar-refractivity contribution < 1.29 is 55.7 Å². The van der Waals surface area contributed by atoms with Crippen LogP contribution < -0.4 is 34.9 Å². The average molecular weight is 566 g/mol. The molecule has 0 heterocycles. The van der Waals surface area contributed by atoms with Gasteiger partial charge in [-0.2, -0.15) is 23.5 Å². The van der Waals surface area contributed by atoms with Gasteiger partial charge in [0.2, 0.25) is 5.91 Å². The van der Waals surface area contributed by atoms with E-state index in [1.807, 2.05) is 13.2 Å². The van der Waals surface area contributed by atoms with Crippen molar-refractivity contribution >= 4 is 88.7 Å². The molecule has 0 aliphatic heterocycles. The SMILES string of the molecule is CCSC(=S)SC(CC(C)C(=O)NCCSCCS(=O)(=O)CCSC)S(=O)(=O)[O-].[Na+]. The van der Waals surface area contributed by atoms with Gasteiger partial charge in [0, 0.05) is 29.7 Å².